The second-order valence-electron chi connectivity index (χ2n) is 8.59. The van der Waals surface area contributed by atoms with Crippen molar-refractivity contribution in [3.63, 3.8) is 0 Å². The molecule has 0 spiro atoms. The molecule has 1 saturated heterocycles. The average molecular weight is 517 g/mol. The summed E-state index contributed by atoms with van der Waals surface area (Å²) in [6.45, 7) is 3.73. The standard InChI is InChI=1S/C28H24N2O6S/c1-3-35-27(34)23-16(2)29-28-30(24(23)18-7-5-4-6-8-18)25(31)22(37-28)15-20-13-14-21(36-20)17-9-11-19(12-10-17)26(32)33/h4-14,22,24H,3,15H2,1-2H3,(H,32,33). The monoisotopic (exact) mass is 516 g/mol. The summed E-state index contributed by atoms with van der Waals surface area (Å²) < 4.78 is 11.3. The van der Waals surface area contributed by atoms with Gasteiger partial charge in [0, 0.05) is 12.0 Å². The van der Waals surface area contributed by atoms with Crippen molar-refractivity contribution in [1.29, 1.82) is 0 Å². The van der Waals surface area contributed by atoms with E-state index < -0.39 is 23.2 Å². The molecule has 1 N–H and O–H groups in total. The van der Waals surface area contributed by atoms with E-state index in [0.717, 1.165) is 11.1 Å². The maximum absolute atomic E-state index is 13.7. The molecule has 0 bridgehead atoms. The van der Waals surface area contributed by atoms with Gasteiger partial charge in [0.05, 0.1) is 34.7 Å². The lowest BCUT2D eigenvalue weighted by atomic mass is 9.94. The molecular formula is C28H24N2O6S. The lowest BCUT2D eigenvalue weighted by molar-refractivity contribution is -0.139. The molecule has 0 radical (unpaired) electrons. The Morgan fingerprint density at radius 3 is 2.49 bits per heavy atom. The van der Waals surface area contributed by atoms with Crippen LogP contribution in [0, 0.1) is 0 Å². The lowest BCUT2D eigenvalue weighted by Crippen LogP contribution is -2.41. The molecule has 2 atom stereocenters. The van der Waals surface area contributed by atoms with Crippen molar-refractivity contribution < 1.29 is 28.6 Å². The predicted octanol–water partition coefficient (Wildman–Crippen LogP) is 5.08. The van der Waals surface area contributed by atoms with Crippen LogP contribution < -0.4 is 0 Å². The summed E-state index contributed by atoms with van der Waals surface area (Å²) in [7, 11) is 0. The van der Waals surface area contributed by atoms with Gasteiger partial charge in [0.25, 0.3) is 0 Å². The van der Waals surface area contributed by atoms with Gasteiger partial charge in [-0.05, 0) is 43.7 Å². The zero-order valence-corrected chi connectivity index (χ0v) is 21.0. The topological polar surface area (TPSA) is 109 Å². The number of furan rings is 1. The fraction of sp³-hybridized carbons (Fsp3) is 0.214. The van der Waals surface area contributed by atoms with Gasteiger partial charge in [0.2, 0.25) is 5.91 Å². The third kappa shape index (κ3) is 4.70. The number of ether oxygens (including phenoxy) is 1. The zero-order valence-electron chi connectivity index (χ0n) is 20.2. The Bertz CT molecular complexity index is 1420. The molecular weight excluding hydrogens is 492 g/mol. The van der Waals surface area contributed by atoms with Crippen LogP contribution in [0.15, 0.2) is 87.4 Å². The molecule has 188 valence electrons. The number of amidine groups is 1. The molecule has 1 aromatic heterocycles. The van der Waals surface area contributed by atoms with Crippen molar-refractivity contribution in [3.05, 3.63) is 94.9 Å². The Morgan fingerprint density at radius 1 is 1.08 bits per heavy atom. The molecule has 5 rings (SSSR count). The van der Waals surface area contributed by atoms with Crippen LogP contribution in [0.4, 0.5) is 0 Å². The SMILES string of the molecule is CCOC(=O)C1=C(C)N=C2SC(Cc3ccc(-c4ccc(C(=O)O)cc4)o3)C(=O)N2C1c1ccccc1. The Kier molecular flexibility index (Phi) is 6.71. The van der Waals surface area contributed by atoms with E-state index >= 15 is 0 Å². The molecule has 1 amide bonds. The van der Waals surface area contributed by atoms with E-state index in [2.05, 4.69) is 4.99 Å². The third-order valence-corrected chi connectivity index (χ3v) is 7.38. The predicted molar refractivity (Wildman–Crippen MR) is 139 cm³/mol. The van der Waals surface area contributed by atoms with Gasteiger partial charge in [0.1, 0.15) is 11.5 Å². The largest absolute Gasteiger partial charge is 0.478 e. The van der Waals surface area contributed by atoms with Crippen molar-refractivity contribution in [1.82, 2.24) is 4.90 Å². The van der Waals surface area contributed by atoms with Crippen LogP contribution in [-0.2, 0) is 20.7 Å². The molecule has 1 fully saturated rings. The van der Waals surface area contributed by atoms with Crippen molar-refractivity contribution in [2.24, 2.45) is 4.99 Å². The normalized spacial score (nSPS) is 19.0. The van der Waals surface area contributed by atoms with Gasteiger partial charge in [0.15, 0.2) is 5.17 Å². The quantitative estimate of drug-likeness (QED) is 0.436. The Labute approximate surface area is 217 Å². The molecule has 37 heavy (non-hydrogen) atoms. The fourth-order valence-electron chi connectivity index (χ4n) is 4.48. The van der Waals surface area contributed by atoms with E-state index in [0.29, 0.717) is 34.4 Å². The van der Waals surface area contributed by atoms with Crippen molar-refractivity contribution in [2.45, 2.75) is 31.6 Å². The summed E-state index contributed by atoms with van der Waals surface area (Å²) in [4.78, 5) is 43.9. The maximum atomic E-state index is 13.7. The first-order valence-electron chi connectivity index (χ1n) is 11.8. The number of allylic oxidation sites excluding steroid dienone is 1. The Morgan fingerprint density at radius 2 is 1.81 bits per heavy atom. The molecule has 3 aromatic rings. The fourth-order valence-corrected chi connectivity index (χ4v) is 5.70. The molecule has 2 aliphatic heterocycles. The van der Waals surface area contributed by atoms with Crippen molar-refractivity contribution >= 4 is 34.8 Å². The van der Waals surface area contributed by atoms with Gasteiger partial charge in [-0.1, -0.05) is 54.2 Å². The van der Waals surface area contributed by atoms with Crippen LogP contribution in [-0.4, -0.2) is 44.9 Å². The number of amides is 1. The first-order chi connectivity index (χ1) is 17.9. The zero-order chi connectivity index (χ0) is 26.1. The number of carboxylic acid groups (broad SMARTS) is 1. The number of thioether (sulfide) groups is 1. The van der Waals surface area contributed by atoms with Gasteiger partial charge >= 0.3 is 11.9 Å². The second-order valence-corrected chi connectivity index (χ2v) is 9.76. The van der Waals surface area contributed by atoms with Crippen molar-refractivity contribution in [3.8, 4) is 11.3 Å². The van der Waals surface area contributed by atoms with Crippen LogP contribution in [0.5, 0.6) is 0 Å². The Hall–Kier alpha value is -4.11. The van der Waals surface area contributed by atoms with Gasteiger partial charge in [-0.25, -0.2) is 14.6 Å². The van der Waals surface area contributed by atoms with Crippen LogP contribution >= 0.6 is 11.8 Å². The van der Waals surface area contributed by atoms with E-state index in [1.165, 1.54) is 23.9 Å². The minimum absolute atomic E-state index is 0.157. The molecule has 2 aliphatic rings. The molecule has 2 aromatic carbocycles. The number of benzene rings is 2. The maximum Gasteiger partial charge on any atom is 0.338 e. The minimum atomic E-state index is -0.993. The van der Waals surface area contributed by atoms with E-state index in [1.54, 1.807) is 36.9 Å². The third-order valence-electron chi connectivity index (χ3n) is 6.23. The number of aliphatic imine (C=N–C) groups is 1. The molecule has 0 aliphatic carbocycles. The highest BCUT2D eigenvalue weighted by Gasteiger charge is 2.47. The van der Waals surface area contributed by atoms with Crippen LogP contribution in [0.2, 0.25) is 0 Å². The average Bonchev–Trinajstić information content (AvgIpc) is 3.48. The number of carbonyl (C=O) groups is 3. The highest BCUT2D eigenvalue weighted by molar-refractivity contribution is 8.15. The van der Waals surface area contributed by atoms with Gasteiger partial charge in [-0.15, -0.1) is 0 Å². The summed E-state index contributed by atoms with van der Waals surface area (Å²) in [5, 5.41) is 9.17. The number of fused-ring (bicyclic) bond motifs is 1. The lowest BCUT2D eigenvalue weighted by Gasteiger charge is -2.33. The molecule has 2 unspecified atom stereocenters. The number of hydrogen-bond donors (Lipinski definition) is 1. The summed E-state index contributed by atoms with van der Waals surface area (Å²) in [5.74, 6) is -0.428. The number of esters is 1. The first kappa shape index (κ1) is 24.6. The number of rotatable bonds is 7. The van der Waals surface area contributed by atoms with Crippen LogP contribution in [0.3, 0.4) is 0 Å². The summed E-state index contributed by atoms with van der Waals surface area (Å²) >= 11 is 1.35. The minimum Gasteiger partial charge on any atom is -0.478 e. The van der Waals surface area contributed by atoms with Crippen molar-refractivity contribution in [2.75, 3.05) is 6.61 Å². The summed E-state index contributed by atoms with van der Waals surface area (Å²) in [6, 6.07) is 18.8. The van der Waals surface area contributed by atoms with Gasteiger partial charge in [-0.3, -0.25) is 9.69 Å². The number of hydrogen-bond acceptors (Lipinski definition) is 7. The Balaban J connectivity index is 1.41. The number of nitrogens with zero attached hydrogens (tertiary/aromatic N) is 2. The molecule has 9 heteroatoms. The smallest absolute Gasteiger partial charge is 0.338 e. The number of aromatic carboxylic acids is 1. The summed E-state index contributed by atoms with van der Waals surface area (Å²) in [5.41, 5.74) is 2.63. The highest BCUT2D eigenvalue weighted by atomic mass is 32.2. The van der Waals surface area contributed by atoms with E-state index in [-0.39, 0.29) is 18.1 Å². The van der Waals surface area contributed by atoms with Crippen LogP contribution in [0.1, 0.15) is 41.6 Å². The molecule has 3 heterocycles. The van der Waals surface area contributed by atoms with Gasteiger partial charge in [-0.2, -0.15) is 0 Å². The van der Waals surface area contributed by atoms with Crippen LogP contribution in [0.25, 0.3) is 11.3 Å². The summed E-state index contributed by atoms with van der Waals surface area (Å²) in [6.07, 6.45) is 0.335. The number of carboxylic acids is 1. The van der Waals surface area contributed by atoms with E-state index in [4.69, 9.17) is 14.3 Å². The van der Waals surface area contributed by atoms with E-state index in [1.807, 2.05) is 36.4 Å². The molecule has 8 nitrogen and oxygen atoms in total. The number of carbonyl (C=O) groups excluding carboxylic acids is 2. The second kappa shape index (κ2) is 10.1. The van der Waals surface area contributed by atoms with Gasteiger partial charge < -0.3 is 14.3 Å². The van der Waals surface area contributed by atoms with E-state index in [9.17, 15) is 14.4 Å². The first-order valence-corrected chi connectivity index (χ1v) is 12.7. The highest BCUT2D eigenvalue weighted by Crippen LogP contribution is 2.44. The molecule has 0 saturated carbocycles.